The fraction of sp³-hybridized carbons (Fsp3) is 0.217. The first-order valence-electron chi connectivity index (χ1n) is 20.2. The predicted octanol–water partition coefficient (Wildman–Crippen LogP) is 9.77. The zero-order valence-electron chi connectivity index (χ0n) is 35.8. The van der Waals surface area contributed by atoms with Crippen LogP contribution in [0.2, 0.25) is 0 Å². The molecule has 0 fully saturated rings. The predicted molar refractivity (Wildman–Crippen MR) is 250 cm³/mol. The third kappa shape index (κ3) is 9.59. The van der Waals surface area contributed by atoms with Crippen molar-refractivity contribution < 1.29 is 35.9 Å². The van der Waals surface area contributed by atoms with E-state index in [1.165, 1.54) is 20.3 Å². The van der Waals surface area contributed by atoms with Gasteiger partial charge in [-0.3, -0.25) is 0 Å². The molecule has 0 bridgehead atoms. The van der Waals surface area contributed by atoms with Gasteiger partial charge in [0, 0.05) is 57.4 Å². The number of pyridine rings is 2. The lowest BCUT2D eigenvalue weighted by molar-refractivity contribution is 0.0516. The van der Waals surface area contributed by atoms with E-state index in [9.17, 15) is 26.4 Å². The molecule has 0 N–H and O–H groups in total. The van der Waals surface area contributed by atoms with E-state index in [1.54, 1.807) is 97.7 Å². The summed E-state index contributed by atoms with van der Waals surface area (Å²) in [4.78, 5) is 42.3. The van der Waals surface area contributed by atoms with Crippen molar-refractivity contribution in [1.29, 1.82) is 0 Å². The van der Waals surface area contributed by atoms with Crippen LogP contribution in [0, 0.1) is 5.92 Å². The second-order valence-corrected chi connectivity index (χ2v) is 20.4. The number of carbonyl (C=O) groups is 2. The van der Waals surface area contributed by atoms with Gasteiger partial charge in [0.2, 0.25) is 10.0 Å². The molecule has 0 radical (unpaired) electrons. The Hall–Kier alpha value is -6.34. The highest BCUT2D eigenvalue weighted by molar-refractivity contribution is 7.90. The molecule has 0 unspecified atom stereocenters. The van der Waals surface area contributed by atoms with Crippen molar-refractivity contribution in [3.63, 3.8) is 0 Å². The number of nitrogens with zero attached hydrogens (tertiary/aromatic N) is 6. The first-order valence-corrected chi connectivity index (χ1v) is 24.8. The lowest BCUT2D eigenvalue weighted by atomic mass is 10.0. The highest BCUT2D eigenvalue weighted by Gasteiger charge is 2.26. The number of benzene rings is 2. The van der Waals surface area contributed by atoms with Crippen LogP contribution in [0.1, 0.15) is 72.3 Å². The number of carbonyl (C=O) groups excluding carboxylic acids is 2. The van der Waals surface area contributed by atoms with Gasteiger partial charge < -0.3 is 9.47 Å². The molecule has 2 aromatic carbocycles. The van der Waals surface area contributed by atoms with Gasteiger partial charge >= 0.3 is 11.9 Å². The van der Waals surface area contributed by atoms with Crippen LogP contribution >= 0.6 is 22.7 Å². The Balaban J connectivity index is 0.000000191. The lowest BCUT2D eigenvalue weighted by Crippen LogP contribution is -2.12. The molecule has 330 valence electrons. The lowest BCUT2D eigenvalue weighted by Gasteiger charge is -2.08. The molecule has 0 aliphatic carbocycles. The molecule has 0 amide bonds. The molecule has 0 atom stereocenters. The maximum atomic E-state index is 13.4. The third-order valence-corrected chi connectivity index (χ3v) is 14.4. The first kappa shape index (κ1) is 45.7. The molecule has 6 aromatic heterocycles. The maximum Gasteiger partial charge on any atom is 0.367 e. The van der Waals surface area contributed by atoms with Gasteiger partial charge in [-0.25, -0.2) is 54.3 Å². The van der Waals surface area contributed by atoms with Crippen LogP contribution in [0.25, 0.3) is 50.7 Å². The van der Waals surface area contributed by atoms with Crippen LogP contribution in [0.3, 0.4) is 0 Å². The molecule has 14 nitrogen and oxygen atoms in total. The quantitative estimate of drug-likeness (QED) is 0.1000. The summed E-state index contributed by atoms with van der Waals surface area (Å²) < 4.78 is 65.9. The zero-order valence-corrected chi connectivity index (χ0v) is 39.0. The summed E-state index contributed by atoms with van der Waals surface area (Å²) in [5, 5.41) is 5.18. The van der Waals surface area contributed by atoms with Gasteiger partial charge in [-0.1, -0.05) is 61.9 Å². The van der Waals surface area contributed by atoms with Gasteiger partial charge in [-0.15, -0.1) is 22.7 Å². The minimum atomic E-state index is -3.88. The minimum Gasteiger partial charge on any atom is -0.461 e. The number of thiazole rings is 2. The standard InChI is InChI=1S/C23H23N3O4S2.C23H21N3O4S2/c2*1-4-30-23(27)22-25-20(14-31-22)19-13-26(32(28,29)17-8-6-5-7-9-17)21-18(19)11-16(12-24-21)10-15(2)3/h5-9,11-15H,4,10H2,1-3H3;5-14H,4H2,1-3H3. The van der Waals surface area contributed by atoms with Crippen molar-refractivity contribution >= 4 is 82.8 Å². The number of ether oxygens (including phenoxy) is 2. The van der Waals surface area contributed by atoms with Gasteiger partial charge in [0.05, 0.1) is 34.4 Å². The average Bonchev–Trinajstić information content (AvgIpc) is 4.10. The third-order valence-electron chi connectivity index (χ3n) is 9.46. The molecule has 0 aliphatic heterocycles. The van der Waals surface area contributed by atoms with E-state index in [0.717, 1.165) is 45.8 Å². The molecule has 0 saturated heterocycles. The summed E-state index contributed by atoms with van der Waals surface area (Å²) in [5.41, 5.74) is 5.71. The summed E-state index contributed by atoms with van der Waals surface area (Å²) in [6.07, 6.45) is 9.17. The molecule has 64 heavy (non-hydrogen) atoms. The summed E-state index contributed by atoms with van der Waals surface area (Å²) >= 11 is 2.32. The first-order chi connectivity index (χ1) is 30.6. The van der Waals surface area contributed by atoms with Crippen molar-refractivity contribution in [1.82, 2.24) is 27.9 Å². The number of hydrogen-bond donors (Lipinski definition) is 0. The Morgan fingerprint density at radius 1 is 0.688 bits per heavy atom. The van der Waals surface area contributed by atoms with Gasteiger partial charge in [-0.05, 0) is 87.6 Å². The summed E-state index contributed by atoms with van der Waals surface area (Å²) in [6, 6.07) is 20.3. The van der Waals surface area contributed by atoms with E-state index in [4.69, 9.17) is 9.47 Å². The summed E-state index contributed by atoms with van der Waals surface area (Å²) in [7, 11) is -7.75. The van der Waals surface area contributed by atoms with Gasteiger partial charge in [0.1, 0.15) is 0 Å². The summed E-state index contributed by atoms with van der Waals surface area (Å²) in [5.74, 6) is -0.585. The maximum absolute atomic E-state index is 13.4. The van der Waals surface area contributed by atoms with E-state index in [0.29, 0.717) is 50.5 Å². The van der Waals surface area contributed by atoms with E-state index < -0.39 is 32.0 Å². The van der Waals surface area contributed by atoms with E-state index in [-0.39, 0.29) is 33.0 Å². The van der Waals surface area contributed by atoms with Crippen LogP contribution in [-0.4, -0.2) is 69.9 Å². The number of rotatable bonds is 13. The fourth-order valence-corrected chi connectivity index (χ4v) is 10.9. The van der Waals surface area contributed by atoms with Crippen LogP contribution in [0.15, 0.2) is 124 Å². The Morgan fingerprint density at radius 3 is 1.58 bits per heavy atom. The minimum absolute atomic E-state index is 0.157. The summed E-state index contributed by atoms with van der Waals surface area (Å²) in [6.45, 7) is 12.1. The SMILES string of the molecule is CCOC(=O)c1nc(-c2cn(S(=O)(=O)c3ccccc3)c3ncc(C=C(C)C)cc23)cs1.CCOC(=O)c1nc(-c2cn(S(=O)(=O)c3ccccc3)c3ncc(CC(C)C)cc23)cs1. The van der Waals surface area contributed by atoms with Gasteiger partial charge in [0.15, 0.2) is 11.3 Å². The Labute approximate surface area is 379 Å². The molecule has 0 aliphatic rings. The Morgan fingerprint density at radius 2 is 1.14 bits per heavy atom. The normalized spacial score (nSPS) is 11.7. The smallest absolute Gasteiger partial charge is 0.367 e. The number of esters is 2. The van der Waals surface area contributed by atoms with Crippen LogP contribution < -0.4 is 0 Å². The molecular formula is C46H44N6O8S4. The Bertz CT molecular complexity index is 3240. The monoisotopic (exact) mass is 936 g/mol. The largest absolute Gasteiger partial charge is 0.461 e. The second-order valence-electron chi connectivity index (χ2n) is 15.0. The van der Waals surface area contributed by atoms with Gasteiger partial charge in [0.25, 0.3) is 20.0 Å². The molecule has 0 saturated carbocycles. The second kappa shape index (κ2) is 19.2. The average molecular weight is 937 g/mol. The van der Waals surface area contributed by atoms with Crippen molar-refractivity contribution in [2.45, 2.75) is 57.8 Å². The molecule has 0 spiro atoms. The highest BCUT2D eigenvalue weighted by atomic mass is 32.2. The Kier molecular flexibility index (Phi) is 13.7. The number of allylic oxidation sites excluding steroid dienone is 1. The van der Waals surface area contributed by atoms with Crippen LogP contribution in [0.5, 0.6) is 0 Å². The fourth-order valence-electron chi connectivity index (χ4n) is 6.77. The molecular weight excluding hydrogens is 893 g/mol. The molecule has 8 aromatic rings. The number of fused-ring (bicyclic) bond motifs is 2. The van der Waals surface area contributed by atoms with Crippen LogP contribution in [0.4, 0.5) is 0 Å². The molecule has 18 heteroatoms. The molecule has 8 rings (SSSR count). The van der Waals surface area contributed by atoms with Crippen molar-refractivity contribution in [2.24, 2.45) is 5.92 Å². The van der Waals surface area contributed by atoms with Crippen molar-refractivity contribution in [3.8, 4) is 22.5 Å². The van der Waals surface area contributed by atoms with E-state index in [1.807, 2.05) is 32.1 Å². The zero-order chi connectivity index (χ0) is 45.8. The van der Waals surface area contributed by atoms with Crippen LogP contribution in [-0.2, 0) is 35.9 Å². The van der Waals surface area contributed by atoms with Crippen molar-refractivity contribution in [3.05, 3.63) is 135 Å². The highest BCUT2D eigenvalue weighted by Crippen LogP contribution is 2.36. The number of hydrogen-bond acceptors (Lipinski definition) is 14. The van der Waals surface area contributed by atoms with Crippen molar-refractivity contribution in [2.75, 3.05) is 13.2 Å². The van der Waals surface area contributed by atoms with Gasteiger partial charge in [-0.2, -0.15) is 0 Å². The molecule has 6 heterocycles. The van der Waals surface area contributed by atoms with E-state index >= 15 is 0 Å². The topological polar surface area (TPSA) is 182 Å². The van der Waals surface area contributed by atoms with E-state index in [2.05, 4.69) is 33.8 Å². The number of aromatic nitrogens is 6.